The van der Waals surface area contributed by atoms with Crippen molar-refractivity contribution in [3.8, 4) is 0 Å². The largest absolute Gasteiger partial charge is 0.335 e. The molecule has 3 rings (SSSR count). The second kappa shape index (κ2) is 7.23. The smallest absolute Gasteiger partial charge is 0.273 e. The highest BCUT2D eigenvalue weighted by Crippen LogP contribution is 2.19. The summed E-state index contributed by atoms with van der Waals surface area (Å²) >= 11 is 1.44. The second-order valence-electron chi connectivity index (χ2n) is 5.95. The van der Waals surface area contributed by atoms with Gasteiger partial charge in [-0.3, -0.25) is 4.79 Å². The minimum atomic E-state index is -3.51. The number of aromatic nitrogens is 1. The molecule has 6 nitrogen and oxygen atoms in total. The van der Waals surface area contributed by atoms with Gasteiger partial charge in [-0.25, -0.2) is 13.4 Å². The van der Waals surface area contributed by atoms with Crippen molar-refractivity contribution in [1.82, 2.24) is 14.2 Å². The van der Waals surface area contributed by atoms with Crippen molar-refractivity contribution in [2.75, 3.05) is 26.2 Å². The normalized spacial score (nSPS) is 16.2. The Hall–Kier alpha value is -1.77. The number of carbonyl (C=O) groups excluding carboxylic acids is 1. The van der Waals surface area contributed by atoms with Crippen LogP contribution in [-0.2, 0) is 16.4 Å². The highest BCUT2D eigenvalue weighted by molar-refractivity contribution is 7.89. The fourth-order valence-corrected chi connectivity index (χ4v) is 4.81. The van der Waals surface area contributed by atoms with Gasteiger partial charge in [0.05, 0.1) is 9.90 Å². The molecule has 0 unspecified atom stereocenters. The molecule has 1 aliphatic rings. The van der Waals surface area contributed by atoms with Crippen LogP contribution in [0.3, 0.4) is 0 Å². The molecule has 0 radical (unpaired) electrons. The van der Waals surface area contributed by atoms with Gasteiger partial charge in [0.15, 0.2) is 0 Å². The predicted octanol–water partition coefficient (Wildman–Crippen LogP) is 2.16. The SMILES string of the molecule is CCc1ccc(S(=O)(=O)N2CCN(C(=O)c3csc(C)n3)CC2)cc1. The summed E-state index contributed by atoms with van der Waals surface area (Å²) in [5.74, 6) is -0.131. The first-order valence-corrected chi connectivity index (χ1v) is 10.5. The van der Waals surface area contributed by atoms with Crippen LogP contribution in [0.1, 0.15) is 28.0 Å². The van der Waals surface area contributed by atoms with E-state index in [0.29, 0.717) is 36.8 Å². The zero-order chi connectivity index (χ0) is 18.0. The van der Waals surface area contributed by atoms with Crippen molar-refractivity contribution in [1.29, 1.82) is 0 Å². The standard InChI is InChI=1S/C17H21N3O3S2/c1-3-14-4-6-15(7-5-14)25(22,23)20-10-8-19(9-11-20)17(21)16-12-24-13(2)18-16/h4-7,12H,3,8-11H2,1-2H3. The van der Waals surface area contributed by atoms with Gasteiger partial charge in [-0.1, -0.05) is 19.1 Å². The Morgan fingerprint density at radius 3 is 2.32 bits per heavy atom. The lowest BCUT2D eigenvalue weighted by atomic mass is 10.2. The zero-order valence-electron chi connectivity index (χ0n) is 14.3. The van der Waals surface area contributed by atoms with Crippen LogP contribution in [0.25, 0.3) is 0 Å². The first-order valence-electron chi connectivity index (χ1n) is 8.22. The summed E-state index contributed by atoms with van der Waals surface area (Å²) in [6, 6.07) is 7.00. The molecule has 1 aliphatic heterocycles. The molecule has 2 aromatic rings. The maximum atomic E-state index is 12.7. The maximum absolute atomic E-state index is 12.7. The number of nitrogens with zero attached hydrogens (tertiary/aromatic N) is 3. The molecular weight excluding hydrogens is 358 g/mol. The third-order valence-electron chi connectivity index (χ3n) is 4.33. The minimum absolute atomic E-state index is 0.131. The van der Waals surface area contributed by atoms with Gasteiger partial charge in [0.1, 0.15) is 5.69 Å². The topological polar surface area (TPSA) is 70.6 Å². The molecule has 2 heterocycles. The van der Waals surface area contributed by atoms with E-state index in [0.717, 1.165) is 17.0 Å². The molecule has 0 N–H and O–H groups in total. The van der Waals surface area contributed by atoms with E-state index in [1.165, 1.54) is 15.6 Å². The molecule has 0 spiro atoms. The molecule has 134 valence electrons. The van der Waals surface area contributed by atoms with Gasteiger partial charge in [0, 0.05) is 31.6 Å². The molecule has 0 atom stereocenters. The molecule has 1 amide bonds. The Morgan fingerprint density at radius 1 is 1.16 bits per heavy atom. The number of amides is 1. The molecule has 0 aliphatic carbocycles. The second-order valence-corrected chi connectivity index (χ2v) is 8.95. The van der Waals surface area contributed by atoms with Crippen LogP contribution >= 0.6 is 11.3 Å². The number of benzene rings is 1. The number of hydrogen-bond acceptors (Lipinski definition) is 5. The van der Waals surface area contributed by atoms with Crippen LogP contribution in [0.5, 0.6) is 0 Å². The van der Waals surface area contributed by atoms with E-state index in [4.69, 9.17) is 0 Å². The third-order valence-corrected chi connectivity index (χ3v) is 7.02. The van der Waals surface area contributed by atoms with Crippen LogP contribution in [0.4, 0.5) is 0 Å². The zero-order valence-corrected chi connectivity index (χ0v) is 15.9. The summed E-state index contributed by atoms with van der Waals surface area (Å²) < 4.78 is 26.9. The summed E-state index contributed by atoms with van der Waals surface area (Å²) in [5.41, 5.74) is 1.54. The Balaban J connectivity index is 1.67. The molecule has 1 fully saturated rings. The van der Waals surface area contributed by atoms with Gasteiger partial charge in [0.25, 0.3) is 5.91 Å². The monoisotopic (exact) mass is 379 g/mol. The lowest BCUT2D eigenvalue weighted by molar-refractivity contribution is 0.0692. The summed E-state index contributed by atoms with van der Waals surface area (Å²) in [6.07, 6.45) is 0.872. The van der Waals surface area contributed by atoms with Gasteiger partial charge < -0.3 is 4.90 Å². The fraction of sp³-hybridized carbons (Fsp3) is 0.412. The van der Waals surface area contributed by atoms with Crippen molar-refractivity contribution in [3.05, 3.63) is 45.9 Å². The van der Waals surface area contributed by atoms with Crippen molar-refractivity contribution in [2.45, 2.75) is 25.2 Å². The lowest BCUT2D eigenvalue weighted by Gasteiger charge is -2.33. The van der Waals surface area contributed by atoms with Crippen molar-refractivity contribution in [3.63, 3.8) is 0 Å². The Labute approximate surface area is 152 Å². The van der Waals surface area contributed by atoms with Gasteiger partial charge in [-0.05, 0) is 31.0 Å². The average Bonchev–Trinajstić information content (AvgIpc) is 3.07. The summed E-state index contributed by atoms with van der Waals surface area (Å²) in [6.45, 7) is 5.24. The minimum Gasteiger partial charge on any atom is -0.335 e. The molecule has 1 aromatic carbocycles. The number of hydrogen-bond donors (Lipinski definition) is 0. The van der Waals surface area contributed by atoms with E-state index < -0.39 is 10.0 Å². The molecule has 1 saturated heterocycles. The van der Waals surface area contributed by atoms with E-state index in [-0.39, 0.29) is 5.91 Å². The molecule has 25 heavy (non-hydrogen) atoms. The van der Waals surface area contributed by atoms with Gasteiger partial charge in [-0.15, -0.1) is 11.3 Å². The van der Waals surface area contributed by atoms with Crippen LogP contribution in [0.15, 0.2) is 34.5 Å². The fourth-order valence-electron chi connectivity index (χ4n) is 2.80. The summed E-state index contributed by atoms with van der Waals surface area (Å²) in [5, 5.41) is 2.59. The van der Waals surface area contributed by atoms with E-state index in [2.05, 4.69) is 4.98 Å². The van der Waals surface area contributed by atoms with E-state index >= 15 is 0 Å². The van der Waals surface area contributed by atoms with E-state index in [1.807, 2.05) is 26.0 Å². The number of thiazole rings is 1. The van der Waals surface area contributed by atoms with Crippen molar-refractivity contribution >= 4 is 27.3 Å². The molecule has 0 bridgehead atoms. The lowest BCUT2D eigenvalue weighted by Crippen LogP contribution is -2.50. The first kappa shape index (κ1) is 18.0. The number of aryl methyl sites for hydroxylation is 2. The number of piperazine rings is 1. The summed E-state index contributed by atoms with van der Waals surface area (Å²) in [7, 11) is -3.51. The van der Waals surface area contributed by atoms with Crippen LogP contribution < -0.4 is 0 Å². The molecule has 0 saturated carbocycles. The first-order chi connectivity index (χ1) is 11.9. The van der Waals surface area contributed by atoms with Gasteiger partial charge in [-0.2, -0.15) is 4.31 Å². The predicted molar refractivity (Wildman–Crippen MR) is 97.3 cm³/mol. The Bertz CT molecular complexity index is 852. The molecule has 8 heteroatoms. The highest BCUT2D eigenvalue weighted by Gasteiger charge is 2.30. The number of rotatable bonds is 4. The number of sulfonamides is 1. The Morgan fingerprint density at radius 2 is 1.80 bits per heavy atom. The number of carbonyl (C=O) groups is 1. The highest BCUT2D eigenvalue weighted by atomic mass is 32.2. The Kier molecular flexibility index (Phi) is 5.21. The van der Waals surface area contributed by atoms with Crippen molar-refractivity contribution < 1.29 is 13.2 Å². The third kappa shape index (κ3) is 3.75. The summed E-state index contributed by atoms with van der Waals surface area (Å²) in [4.78, 5) is 18.6. The maximum Gasteiger partial charge on any atom is 0.273 e. The molecular formula is C17H21N3O3S2. The van der Waals surface area contributed by atoms with E-state index in [1.54, 1.807) is 22.4 Å². The van der Waals surface area contributed by atoms with Crippen molar-refractivity contribution in [2.24, 2.45) is 0 Å². The van der Waals surface area contributed by atoms with E-state index in [9.17, 15) is 13.2 Å². The quantitative estimate of drug-likeness (QED) is 0.816. The van der Waals surface area contributed by atoms with Crippen LogP contribution in [0.2, 0.25) is 0 Å². The average molecular weight is 380 g/mol. The van der Waals surface area contributed by atoms with Gasteiger partial charge in [0.2, 0.25) is 10.0 Å². The molecule has 1 aromatic heterocycles. The van der Waals surface area contributed by atoms with Gasteiger partial charge >= 0.3 is 0 Å². The van der Waals surface area contributed by atoms with Crippen LogP contribution in [0, 0.1) is 6.92 Å². The van der Waals surface area contributed by atoms with Crippen LogP contribution in [-0.4, -0.2) is 54.7 Å².